The highest BCUT2D eigenvalue weighted by molar-refractivity contribution is 8.27. The van der Waals surface area contributed by atoms with Crippen molar-refractivity contribution in [3.63, 3.8) is 0 Å². The van der Waals surface area contributed by atoms with Crippen molar-refractivity contribution < 1.29 is 22.9 Å². The third kappa shape index (κ3) is 4.01. The first-order valence-electron chi connectivity index (χ1n) is 7.36. The number of anilines is 1. The molecule has 1 aliphatic rings. The summed E-state index contributed by atoms with van der Waals surface area (Å²) in [6.07, 6.45) is -3.13. The van der Waals surface area contributed by atoms with Gasteiger partial charge in [-0.3, -0.25) is 19.8 Å². The van der Waals surface area contributed by atoms with Crippen LogP contribution >= 0.6 is 24.0 Å². The highest BCUT2D eigenvalue weighted by Crippen LogP contribution is 2.38. The van der Waals surface area contributed by atoms with Crippen molar-refractivity contribution in [1.29, 1.82) is 0 Å². The Bertz CT molecular complexity index is 989. The normalized spacial score (nSPS) is 16.3. The van der Waals surface area contributed by atoms with Crippen LogP contribution in [0.5, 0.6) is 0 Å². The summed E-state index contributed by atoms with van der Waals surface area (Å²) in [7, 11) is 0. The van der Waals surface area contributed by atoms with Gasteiger partial charge in [-0.25, -0.2) is 0 Å². The van der Waals surface area contributed by atoms with Crippen LogP contribution in [0.1, 0.15) is 11.1 Å². The molecule has 2 aromatic rings. The number of thiocarbonyl (C=S) groups is 1. The largest absolute Gasteiger partial charge is 0.416 e. The molecule has 0 radical (unpaired) electrons. The number of hydrogen-bond acceptors (Lipinski definition) is 5. The predicted octanol–water partition coefficient (Wildman–Crippen LogP) is 5.02. The molecule has 0 bridgehead atoms. The molecule has 27 heavy (non-hydrogen) atoms. The van der Waals surface area contributed by atoms with E-state index in [-0.39, 0.29) is 20.6 Å². The van der Waals surface area contributed by atoms with Crippen molar-refractivity contribution in [1.82, 2.24) is 0 Å². The average molecular weight is 410 g/mol. The molecule has 1 heterocycles. The highest BCUT2D eigenvalue weighted by atomic mass is 32.2. The van der Waals surface area contributed by atoms with Gasteiger partial charge in [-0.1, -0.05) is 42.2 Å². The van der Waals surface area contributed by atoms with Gasteiger partial charge in [0.2, 0.25) is 0 Å². The summed E-state index contributed by atoms with van der Waals surface area (Å²) in [5.41, 5.74) is -0.614. The molecule has 5 nitrogen and oxygen atoms in total. The summed E-state index contributed by atoms with van der Waals surface area (Å²) in [4.78, 5) is 24.1. The Labute approximate surface area is 160 Å². The number of benzene rings is 2. The molecule has 10 heteroatoms. The van der Waals surface area contributed by atoms with Gasteiger partial charge in [0.05, 0.1) is 21.1 Å². The minimum atomic E-state index is -4.55. The Kier molecular flexibility index (Phi) is 5.03. The van der Waals surface area contributed by atoms with Crippen molar-refractivity contribution in [3.05, 3.63) is 74.7 Å². The predicted molar refractivity (Wildman–Crippen MR) is 100 cm³/mol. The van der Waals surface area contributed by atoms with Crippen LogP contribution in [0, 0.1) is 10.1 Å². The highest BCUT2D eigenvalue weighted by Gasteiger charge is 2.36. The number of carbonyl (C=O) groups is 1. The Balaban J connectivity index is 1.94. The van der Waals surface area contributed by atoms with E-state index in [4.69, 9.17) is 12.2 Å². The van der Waals surface area contributed by atoms with Gasteiger partial charge in [-0.15, -0.1) is 0 Å². The lowest BCUT2D eigenvalue weighted by Gasteiger charge is -2.16. The number of nitro benzene ring substituents is 1. The van der Waals surface area contributed by atoms with E-state index in [1.807, 2.05) is 0 Å². The van der Waals surface area contributed by atoms with E-state index in [1.165, 1.54) is 36.4 Å². The zero-order valence-corrected chi connectivity index (χ0v) is 14.9. The smallest absolute Gasteiger partial charge is 0.268 e. The fourth-order valence-corrected chi connectivity index (χ4v) is 3.69. The van der Waals surface area contributed by atoms with Crippen molar-refractivity contribution in [2.75, 3.05) is 4.90 Å². The standard InChI is InChI=1S/C17H9F3N2O3S2/c18-17(19,20)11-4-2-5-12(9-11)21-15(23)14(27-16(21)26)8-10-3-1-6-13(7-10)22(24)25/h1-9H/b14-8-. The molecule has 2 aromatic carbocycles. The fraction of sp³-hybridized carbons (Fsp3) is 0.0588. The van der Waals surface area contributed by atoms with Crippen LogP contribution in [-0.4, -0.2) is 15.2 Å². The van der Waals surface area contributed by atoms with E-state index in [1.54, 1.807) is 6.07 Å². The van der Waals surface area contributed by atoms with Gasteiger partial charge in [-0.05, 0) is 29.8 Å². The van der Waals surface area contributed by atoms with Gasteiger partial charge in [0.15, 0.2) is 4.32 Å². The van der Waals surface area contributed by atoms with Crippen molar-refractivity contribution in [3.8, 4) is 0 Å². The summed E-state index contributed by atoms with van der Waals surface area (Å²) < 4.78 is 38.8. The van der Waals surface area contributed by atoms with Crippen LogP contribution in [0.3, 0.4) is 0 Å². The van der Waals surface area contributed by atoms with Crippen molar-refractivity contribution in [2.45, 2.75) is 6.18 Å². The zero-order chi connectivity index (χ0) is 19.8. The molecule has 0 N–H and O–H groups in total. The molecule has 1 amide bonds. The average Bonchev–Trinajstić information content (AvgIpc) is 2.88. The van der Waals surface area contributed by atoms with Gasteiger partial charge >= 0.3 is 6.18 Å². The van der Waals surface area contributed by atoms with E-state index in [9.17, 15) is 28.1 Å². The first kappa shape index (κ1) is 19.1. The zero-order valence-electron chi connectivity index (χ0n) is 13.3. The van der Waals surface area contributed by atoms with Crippen molar-refractivity contribution in [2.24, 2.45) is 0 Å². The third-order valence-corrected chi connectivity index (χ3v) is 4.91. The van der Waals surface area contributed by atoms with Crippen LogP contribution < -0.4 is 4.90 Å². The number of non-ortho nitro benzene ring substituents is 1. The van der Waals surface area contributed by atoms with Gasteiger partial charge in [0.1, 0.15) is 0 Å². The molecule has 1 fully saturated rings. The lowest BCUT2D eigenvalue weighted by atomic mass is 10.1. The molecular formula is C17H9F3N2O3S2. The maximum atomic E-state index is 12.9. The molecule has 1 aliphatic heterocycles. The summed E-state index contributed by atoms with van der Waals surface area (Å²) in [6.45, 7) is 0. The number of nitro groups is 1. The maximum absolute atomic E-state index is 12.9. The number of amides is 1. The first-order chi connectivity index (χ1) is 12.7. The number of rotatable bonds is 3. The lowest BCUT2D eigenvalue weighted by molar-refractivity contribution is -0.384. The SMILES string of the molecule is O=C1/C(=C/c2cccc([N+](=O)[O-])c2)SC(=S)N1c1cccc(C(F)(F)F)c1. The summed E-state index contributed by atoms with van der Waals surface area (Å²) in [5.74, 6) is -0.587. The van der Waals surface area contributed by atoms with Crippen LogP contribution in [0.2, 0.25) is 0 Å². The van der Waals surface area contributed by atoms with E-state index >= 15 is 0 Å². The van der Waals surface area contributed by atoms with Crippen LogP contribution in [0.15, 0.2) is 53.4 Å². The van der Waals surface area contributed by atoms with E-state index in [2.05, 4.69) is 0 Å². The van der Waals surface area contributed by atoms with E-state index in [0.29, 0.717) is 5.56 Å². The molecule has 138 valence electrons. The second-order valence-electron chi connectivity index (χ2n) is 5.42. The van der Waals surface area contributed by atoms with Gasteiger partial charge in [0, 0.05) is 12.1 Å². The molecule has 3 rings (SSSR count). The molecule has 1 saturated heterocycles. The fourth-order valence-electron chi connectivity index (χ4n) is 2.39. The Morgan fingerprint density at radius 2 is 1.85 bits per heavy atom. The molecule has 0 saturated carbocycles. The van der Waals surface area contributed by atoms with Crippen LogP contribution in [0.4, 0.5) is 24.5 Å². The minimum absolute atomic E-state index is 0.00904. The molecular weight excluding hydrogens is 401 g/mol. The van der Waals surface area contributed by atoms with Gasteiger partial charge in [0.25, 0.3) is 11.6 Å². The number of thioether (sulfide) groups is 1. The maximum Gasteiger partial charge on any atom is 0.416 e. The number of nitrogens with zero attached hydrogens (tertiary/aromatic N) is 2. The van der Waals surface area contributed by atoms with Crippen LogP contribution in [-0.2, 0) is 11.0 Å². The molecule has 0 unspecified atom stereocenters. The summed E-state index contributed by atoms with van der Waals surface area (Å²) in [6, 6.07) is 9.95. The summed E-state index contributed by atoms with van der Waals surface area (Å²) >= 11 is 6.05. The quantitative estimate of drug-likeness (QED) is 0.308. The molecule has 0 spiro atoms. The van der Waals surface area contributed by atoms with Gasteiger partial charge in [-0.2, -0.15) is 13.2 Å². The third-order valence-electron chi connectivity index (χ3n) is 3.60. The number of carbonyl (C=O) groups excluding carboxylic acids is 1. The van der Waals surface area contributed by atoms with E-state index < -0.39 is 22.6 Å². The molecule has 0 aromatic heterocycles. The monoisotopic (exact) mass is 410 g/mol. The topological polar surface area (TPSA) is 63.4 Å². The van der Waals surface area contributed by atoms with Gasteiger partial charge < -0.3 is 0 Å². The second kappa shape index (κ2) is 7.12. The summed E-state index contributed by atoms with van der Waals surface area (Å²) in [5, 5.41) is 10.8. The molecule has 0 atom stereocenters. The Morgan fingerprint density at radius 3 is 2.52 bits per heavy atom. The minimum Gasteiger partial charge on any atom is -0.268 e. The number of alkyl halides is 3. The number of halogens is 3. The van der Waals surface area contributed by atoms with Crippen LogP contribution in [0.25, 0.3) is 6.08 Å². The second-order valence-corrected chi connectivity index (χ2v) is 7.09. The first-order valence-corrected chi connectivity index (χ1v) is 8.59. The molecule has 0 aliphatic carbocycles. The van der Waals surface area contributed by atoms with Crippen molar-refractivity contribution >= 4 is 51.7 Å². The van der Waals surface area contributed by atoms with E-state index in [0.717, 1.165) is 28.8 Å². The Morgan fingerprint density at radius 1 is 1.15 bits per heavy atom. The Hall–Kier alpha value is -2.72. The number of hydrogen-bond donors (Lipinski definition) is 0. The lowest BCUT2D eigenvalue weighted by Crippen LogP contribution is -2.27.